The van der Waals surface area contributed by atoms with E-state index in [1.54, 1.807) is 30.3 Å². The normalized spacial score (nSPS) is 9.89. The van der Waals surface area contributed by atoms with Gasteiger partial charge in [-0.25, -0.2) is 0 Å². The Balaban J connectivity index is 2.27. The van der Waals surface area contributed by atoms with Gasteiger partial charge >= 0.3 is 0 Å². The third-order valence-corrected chi connectivity index (χ3v) is 2.94. The highest BCUT2D eigenvalue weighted by Crippen LogP contribution is 2.30. The second-order valence-electron chi connectivity index (χ2n) is 3.51. The van der Waals surface area contributed by atoms with Crippen LogP contribution in [0.3, 0.4) is 0 Å². The van der Waals surface area contributed by atoms with Gasteiger partial charge in [0.25, 0.3) is 5.91 Å². The monoisotopic (exact) mass is 325 g/mol. The van der Waals surface area contributed by atoms with Crippen LogP contribution in [0.4, 0.5) is 5.69 Å². The number of carbonyl (C=O) groups is 1. The number of amides is 1. The first kappa shape index (κ1) is 12.9. The van der Waals surface area contributed by atoms with Gasteiger partial charge in [-0.3, -0.25) is 4.79 Å². The minimum atomic E-state index is -0.279. The van der Waals surface area contributed by atoms with Gasteiger partial charge in [-0.1, -0.05) is 35.9 Å². The van der Waals surface area contributed by atoms with E-state index in [1.165, 1.54) is 0 Å². The summed E-state index contributed by atoms with van der Waals surface area (Å²) in [6.45, 7) is 0. The maximum absolute atomic E-state index is 12.1. The average Bonchev–Trinajstić information content (AvgIpc) is 2.39. The zero-order valence-corrected chi connectivity index (χ0v) is 11.5. The van der Waals surface area contributed by atoms with Crippen molar-refractivity contribution in [3.8, 4) is 5.75 Å². The predicted molar refractivity (Wildman–Crippen MR) is 75.4 cm³/mol. The van der Waals surface area contributed by atoms with Crippen LogP contribution in [0.15, 0.2) is 48.5 Å². The van der Waals surface area contributed by atoms with E-state index in [9.17, 15) is 4.79 Å². The highest BCUT2D eigenvalue weighted by atomic mass is 79.9. The van der Waals surface area contributed by atoms with Gasteiger partial charge in [0.2, 0.25) is 0 Å². The number of rotatable bonds is 3. The quantitative estimate of drug-likeness (QED) is 0.914. The van der Waals surface area contributed by atoms with Gasteiger partial charge < -0.3 is 9.15 Å². The summed E-state index contributed by atoms with van der Waals surface area (Å²) in [7, 11) is 0. The van der Waals surface area contributed by atoms with Crippen LogP contribution < -0.4 is 9.15 Å². The molecule has 0 bridgehead atoms. The van der Waals surface area contributed by atoms with Crippen molar-refractivity contribution in [3.63, 3.8) is 0 Å². The van der Waals surface area contributed by atoms with E-state index in [-0.39, 0.29) is 5.91 Å². The fourth-order valence-corrected chi connectivity index (χ4v) is 2.14. The molecule has 0 saturated heterocycles. The fourth-order valence-electron chi connectivity index (χ4n) is 1.49. The van der Waals surface area contributed by atoms with Crippen molar-refractivity contribution in [3.05, 3.63) is 59.1 Å². The molecule has 2 aromatic rings. The van der Waals surface area contributed by atoms with Crippen molar-refractivity contribution in [2.24, 2.45) is 0 Å². The van der Waals surface area contributed by atoms with Crippen LogP contribution in [-0.4, -0.2) is 5.91 Å². The second-order valence-corrected chi connectivity index (χ2v) is 4.24. The number of benzene rings is 2. The number of hydrogen-bond acceptors (Lipinski definition) is 2. The minimum Gasteiger partial charge on any atom is -0.416 e. The molecule has 92 valence electrons. The molecule has 5 heteroatoms. The SMILES string of the molecule is O=C(Nc1ccccc1)c1cccc(Cl)c1OBr. The summed E-state index contributed by atoms with van der Waals surface area (Å²) in [5.74, 6) is 0.0192. The molecule has 2 aromatic carbocycles. The summed E-state index contributed by atoms with van der Waals surface area (Å²) >= 11 is 8.79. The molecule has 0 aliphatic carbocycles. The van der Waals surface area contributed by atoms with Crippen LogP contribution in [0.25, 0.3) is 0 Å². The minimum absolute atomic E-state index is 0.279. The maximum Gasteiger partial charge on any atom is 0.259 e. The Hall–Kier alpha value is -1.52. The summed E-state index contributed by atoms with van der Waals surface area (Å²) in [5, 5.41) is 3.13. The van der Waals surface area contributed by atoms with Gasteiger partial charge in [0.1, 0.15) is 0 Å². The number of nitrogens with one attached hydrogen (secondary N) is 1. The van der Waals surface area contributed by atoms with E-state index in [1.807, 2.05) is 18.2 Å². The highest BCUT2D eigenvalue weighted by molar-refractivity contribution is 9.06. The highest BCUT2D eigenvalue weighted by Gasteiger charge is 2.15. The molecule has 1 amide bonds. The fraction of sp³-hybridized carbons (Fsp3) is 0. The van der Waals surface area contributed by atoms with Crippen LogP contribution in [0, 0.1) is 0 Å². The molecular weight excluding hydrogens is 318 g/mol. The van der Waals surface area contributed by atoms with Crippen molar-refractivity contribution < 1.29 is 8.62 Å². The van der Waals surface area contributed by atoms with Crippen molar-refractivity contribution in [2.45, 2.75) is 0 Å². The number of hydrogen-bond donors (Lipinski definition) is 1. The van der Waals surface area contributed by atoms with Crippen molar-refractivity contribution >= 4 is 39.5 Å². The van der Waals surface area contributed by atoms with Gasteiger partial charge in [0, 0.05) is 5.69 Å². The van der Waals surface area contributed by atoms with Crippen molar-refractivity contribution in [2.75, 3.05) is 5.32 Å². The standard InChI is InChI=1S/C13H9BrClNO2/c14-18-12-10(7-4-8-11(12)15)13(17)16-9-5-2-1-3-6-9/h1-8H,(H,16,17). The Kier molecular flexibility index (Phi) is 4.23. The zero-order valence-electron chi connectivity index (χ0n) is 9.19. The summed E-state index contributed by atoms with van der Waals surface area (Å²) in [5.41, 5.74) is 1.08. The first-order chi connectivity index (χ1) is 8.72. The predicted octanol–water partition coefficient (Wildman–Crippen LogP) is 4.28. The van der Waals surface area contributed by atoms with Gasteiger partial charge in [-0.05, 0) is 24.3 Å². The van der Waals surface area contributed by atoms with Crippen LogP contribution in [0.5, 0.6) is 5.75 Å². The van der Waals surface area contributed by atoms with Crippen molar-refractivity contribution in [1.29, 1.82) is 0 Å². The molecule has 3 nitrogen and oxygen atoms in total. The Morgan fingerprint density at radius 1 is 1.11 bits per heavy atom. The van der Waals surface area contributed by atoms with Crippen molar-refractivity contribution in [1.82, 2.24) is 0 Å². The second kappa shape index (κ2) is 5.89. The largest absolute Gasteiger partial charge is 0.416 e. The molecule has 0 aliphatic heterocycles. The lowest BCUT2D eigenvalue weighted by molar-refractivity contribution is 0.102. The third-order valence-electron chi connectivity index (χ3n) is 2.32. The van der Waals surface area contributed by atoms with Crippen LogP contribution in [0.1, 0.15) is 10.4 Å². The number of para-hydroxylation sites is 2. The van der Waals surface area contributed by atoms with Crippen LogP contribution in [-0.2, 0) is 0 Å². The lowest BCUT2D eigenvalue weighted by Gasteiger charge is -2.09. The van der Waals surface area contributed by atoms with Gasteiger partial charge in [0.15, 0.2) is 22.0 Å². The molecule has 18 heavy (non-hydrogen) atoms. The summed E-state index contributed by atoms with van der Waals surface area (Å²) < 4.78 is 4.95. The van der Waals surface area contributed by atoms with E-state index < -0.39 is 0 Å². The molecule has 1 N–H and O–H groups in total. The molecule has 0 heterocycles. The molecule has 0 aliphatic rings. The molecule has 0 radical (unpaired) electrons. The molecule has 0 unspecified atom stereocenters. The molecule has 0 aromatic heterocycles. The van der Waals surface area contributed by atoms with Crippen LogP contribution in [0.2, 0.25) is 5.02 Å². The van der Waals surface area contributed by atoms with E-state index >= 15 is 0 Å². The van der Waals surface area contributed by atoms with E-state index in [2.05, 4.69) is 21.6 Å². The van der Waals surface area contributed by atoms with E-state index in [0.717, 1.165) is 0 Å². The molecular formula is C13H9BrClNO2. The maximum atomic E-state index is 12.1. The lowest BCUT2D eigenvalue weighted by Crippen LogP contribution is -2.12. The molecule has 0 saturated carbocycles. The number of halogens is 2. The molecule has 0 fully saturated rings. The molecule has 0 atom stereocenters. The Labute approximate surface area is 118 Å². The van der Waals surface area contributed by atoms with Gasteiger partial charge in [-0.15, -0.1) is 0 Å². The summed E-state index contributed by atoms with van der Waals surface area (Å²) in [4.78, 5) is 12.1. The first-order valence-electron chi connectivity index (χ1n) is 5.16. The van der Waals surface area contributed by atoms with E-state index in [4.69, 9.17) is 15.4 Å². The van der Waals surface area contributed by atoms with Gasteiger partial charge in [-0.2, -0.15) is 0 Å². The number of carbonyl (C=O) groups excluding carboxylic acids is 1. The average molecular weight is 327 g/mol. The topological polar surface area (TPSA) is 38.3 Å². The summed E-state index contributed by atoms with van der Waals surface area (Å²) in [6.07, 6.45) is 0. The smallest absolute Gasteiger partial charge is 0.259 e. The number of anilines is 1. The Bertz CT molecular complexity index is 560. The third kappa shape index (κ3) is 2.83. The Morgan fingerprint density at radius 3 is 2.50 bits per heavy atom. The van der Waals surface area contributed by atoms with Crippen LogP contribution >= 0.6 is 27.9 Å². The van der Waals surface area contributed by atoms with Gasteiger partial charge in [0.05, 0.1) is 10.6 Å². The zero-order chi connectivity index (χ0) is 13.0. The summed E-state index contributed by atoms with van der Waals surface area (Å²) in [6, 6.07) is 14.2. The lowest BCUT2D eigenvalue weighted by atomic mass is 10.2. The molecule has 2 rings (SSSR count). The Morgan fingerprint density at radius 2 is 1.83 bits per heavy atom. The van der Waals surface area contributed by atoms with E-state index in [0.29, 0.717) is 22.0 Å². The first-order valence-corrected chi connectivity index (χ1v) is 6.18. The molecule has 0 spiro atoms.